The van der Waals surface area contributed by atoms with Crippen molar-refractivity contribution in [1.29, 1.82) is 0 Å². The van der Waals surface area contributed by atoms with Crippen LogP contribution in [0.25, 0.3) is 0 Å². The molecule has 0 radical (unpaired) electrons. The molecular formula is C25H29NO6. The van der Waals surface area contributed by atoms with Crippen LogP contribution >= 0.6 is 0 Å². The maximum Gasteiger partial charge on any atom is 0.217 e. The number of ether oxygens (including phenoxy) is 5. The van der Waals surface area contributed by atoms with E-state index in [0.717, 1.165) is 11.1 Å². The summed E-state index contributed by atoms with van der Waals surface area (Å²) in [4.78, 5) is 12.0. The highest BCUT2D eigenvalue weighted by atomic mass is 16.7. The first-order chi connectivity index (χ1) is 15.7. The Kier molecular flexibility index (Phi) is 7.68. The summed E-state index contributed by atoms with van der Waals surface area (Å²) in [6.45, 7) is 6.16. The Balaban J connectivity index is 1.55. The summed E-state index contributed by atoms with van der Waals surface area (Å²) in [6.07, 6.45) is -0.973. The molecule has 0 spiro atoms. The Hall–Kier alpha value is -2.55. The summed E-state index contributed by atoms with van der Waals surface area (Å²) in [5.74, 6) is -0.204. The minimum absolute atomic E-state index is 0.204. The minimum atomic E-state index is -0.726. The maximum absolute atomic E-state index is 12.0. The van der Waals surface area contributed by atoms with Crippen LogP contribution in [0.15, 0.2) is 73.3 Å². The predicted octanol–water partition coefficient (Wildman–Crippen LogP) is 3.12. The molecule has 32 heavy (non-hydrogen) atoms. The SMILES string of the molecule is C=CCOC1[C@H]2OC(c3ccccc3)OCC2O[C@H](OCc2ccccc2)[C@@H]1NC(C)=O. The number of benzene rings is 2. The van der Waals surface area contributed by atoms with Crippen LogP contribution in [-0.2, 0) is 35.1 Å². The van der Waals surface area contributed by atoms with Gasteiger partial charge >= 0.3 is 0 Å². The highest BCUT2D eigenvalue weighted by Crippen LogP contribution is 2.35. The van der Waals surface area contributed by atoms with Gasteiger partial charge in [-0.2, -0.15) is 0 Å². The van der Waals surface area contributed by atoms with Gasteiger partial charge in [0.1, 0.15) is 24.4 Å². The first-order valence-electron chi connectivity index (χ1n) is 10.8. The number of hydrogen-bond donors (Lipinski definition) is 1. The fraction of sp³-hybridized carbons (Fsp3) is 0.400. The molecule has 4 rings (SSSR count). The van der Waals surface area contributed by atoms with Gasteiger partial charge in [0.2, 0.25) is 5.91 Å². The third-order valence-corrected chi connectivity index (χ3v) is 5.44. The lowest BCUT2D eigenvalue weighted by Crippen LogP contribution is -2.67. The van der Waals surface area contributed by atoms with E-state index in [2.05, 4.69) is 11.9 Å². The first-order valence-corrected chi connectivity index (χ1v) is 10.8. The second kappa shape index (κ2) is 10.8. The van der Waals surface area contributed by atoms with Crippen LogP contribution in [0.4, 0.5) is 0 Å². The van der Waals surface area contributed by atoms with E-state index in [9.17, 15) is 4.79 Å². The van der Waals surface area contributed by atoms with Crippen molar-refractivity contribution < 1.29 is 28.5 Å². The van der Waals surface area contributed by atoms with E-state index in [0.29, 0.717) is 19.8 Å². The fourth-order valence-electron chi connectivity index (χ4n) is 4.01. The van der Waals surface area contributed by atoms with E-state index in [-0.39, 0.29) is 5.91 Å². The lowest BCUT2D eigenvalue weighted by atomic mass is 9.95. The van der Waals surface area contributed by atoms with Crippen molar-refractivity contribution in [3.05, 3.63) is 84.4 Å². The maximum atomic E-state index is 12.0. The predicted molar refractivity (Wildman–Crippen MR) is 117 cm³/mol. The summed E-state index contributed by atoms with van der Waals surface area (Å²) >= 11 is 0. The molecule has 1 amide bonds. The molecule has 0 aliphatic carbocycles. The van der Waals surface area contributed by atoms with Gasteiger partial charge in [-0.1, -0.05) is 66.7 Å². The highest BCUT2D eigenvalue weighted by molar-refractivity contribution is 5.73. The van der Waals surface area contributed by atoms with Crippen molar-refractivity contribution in [1.82, 2.24) is 5.32 Å². The summed E-state index contributed by atoms with van der Waals surface area (Å²) in [5.41, 5.74) is 1.91. The number of nitrogens with one attached hydrogen (secondary N) is 1. The van der Waals surface area contributed by atoms with Crippen LogP contribution in [0.3, 0.4) is 0 Å². The normalized spacial score (nSPS) is 29.7. The first kappa shape index (κ1) is 22.6. The molecule has 170 valence electrons. The zero-order valence-corrected chi connectivity index (χ0v) is 18.1. The molecule has 2 heterocycles. The van der Waals surface area contributed by atoms with Gasteiger partial charge in [-0.25, -0.2) is 0 Å². The monoisotopic (exact) mass is 439 g/mol. The zero-order chi connectivity index (χ0) is 22.3. The van der Waals surface area contributed by atoms with Gasteiger partial charge in [0.15, 0.2) is 12.6 Å². The van der Waals surface area contributed by atoms with E-state index in [1.165, 1.54) is 6.92 Å². The van der Waals surface area contributed by atoms with Crippen molar-refractivity contribution in [3.8, 4) is 0 Å². The van der Waals surface area contributed by atoms with Gasteiger partial charge in [0.25, 0.3) is 0 Å². The van der Waals surface area contributed by atoms with E-state index >= 15 is 0 Å². The number of carbonyl (C=O) groups excluding carboxylic acids is 1. The van der Waals surface area contributed by atoms with Gasteiger partial charge in [0, 0.05) is 12.5 Å². The molecule has 0 aromatic heterocycles. The van der Waals surface area contributed by atoms with E-state index < -0.39 is 36.9 Å². The smallest absolute Gasteiger partial charge is 0.217 e. The van der Waals surface area contributed by atoms with Crippen molar-refractivity contribution in [2.45, 2.75) is 50.5 Å². The van der Waals surface area contributed by atoms with Crippen molar-refractivity contribution >= 4 is 5.91 Å². The highest BCUT2D eigenvalue weighted by Gasteiger charge is 2.51. The molecule has 2 saturated heterocycles. The van der Waals surface area contributed by atoms with Crippen LogP contribution in [0, 0.1) is 0 Å². The molecule has 6 atom stereocenters. The van der Waals surface area contributed by atoms with Crippen molar-refractivity contribution in [2.75, 3.05) is 13.2 Å². The van der Waals surface area contributed by atoms with E-state index in [1.807, 2.05) is 60.7 Å². The summed E-state index contributed by atoms with van der Waals surface area (Å²) in [7, 11) is 0. The van der Waals surface area contributed by atoms with Crippen LogP contribution in [-0.4, -0.2) is 49.8 Å². The molecule has 7 nitrogen and oxygen atoms in total. The molecule has 7 heteroatoms. The van der Waals surface area contributed by atoms with Crippen LogP contribution < -0.4 is 5.32 Å². The Morgan fingerprint density at radius 3 is 2.50 bits per heavy atom. The van der Waals surface area contributed by atoms with Gasteiger partial charge in [-0.3, -0.25) is 4.79 Å². The summed E-state index contributed by atoms with van der Waals surface area (Å²) in [6, 6.07) is 18.9. The quantitative estimate of drug-likeness (QED) is 0.637. The molecule has 3 unspecified atom stereocenters. The zero-order valence-electron chi connectivity index (χ0n) is 18.1. The Bertz CT molecular complexity index is 877. The third kappa shape index (κ3) is 5.43. The number of hydrogen-bond acceptors (Lipinski definition) is 6. The number of fused-ring (bicyclic) bond motifs is 1. The van der Waals surface area contributed by atoms with E-state index in [1.54, 1.807) is 6.08 Å². The molecule has 0 saturated carbocycles. The van der Waals surface area contributed by atoms with Gasteiger partial charge < -0.3 is 29.0 Å². The fourth-order valence-corrected chi connectivity index (χ4v) is 4.01. The van der Waals surface area contributed by atoms with Gasteiger partial charge in [-0.15, -0.1) is 6.58 Å². The van der Waals surface area contributed by atoms with Crippen LogP contribution in [0.5, 0.6) is 0 Å². The second-order valence-corrected chi connectivity index (χ2v) is 7.83. The summed E-state index contributed by atoms with van der Waals surface area (Å²) < 4.78 is 30.7. The molecular weight excluding hydrogens is 410 g/mol. The van der Waals surface area contributed by atoms with Crippen molar-refractivity contribution in [3.63, 3.8) is 0 Å². The minimum Gasteiger partial charge on any atom is -0.369 e. The molecule has 2 aromatic carbocycles. The molecule has 2 aliphatic rings. The molecule has 2 fully saturated rings. The largest absolute Gasteiger partial charge is 0.369 e. The number of carbonyl (C=O) groups is 1. The molecule has 2 aliphatic heterocycles. The van der Waals surface area contributed by atoms with E-state index in [4.69, 9.17) is 23.7 Å². The molecule has 2 aromatic rings. The van der Waals surface area contributed by atoms with Crippen molar-refractivity contribution in [2.24, 2.45) is 0 Å². The standard InChI is InChI=1S/C25H29NO6/c1-3-14-28-23-21(26-17(2)27)25(29-15-18-10-6-4-7-11-18)31-20-16-30-24(32-22(20)23)19-12-8-5-9-13-19/h3-13,20-25H,1,14-16H2,2H3,(H,26,27)/t20?,21-,22+,23?,24?,25+/m1/s1. The van der Waals surface area contributed by atoms with Crippen LogP contribution in [0.1, 0.15) is 24.3 Å². The Labute approximate surface area is 188 Å². The molecule has 0 bridgehead atoms. The Morgan fingerprint density at radius 2 is 1.81 bits per heavy atom. The van der Waals surface area contributed by atoms with Crippen LogP contribution in [0.2, 0.25) is 0 Å². The summed E-state index contributed by atoms with van der Waals surface area (Å²) in [5, 5.41) is 2.95. The lowest BCUT2D eigenvalue weighted by molar-refractivity contribution is -0.349. The average Bonchev–Trinajstić information content (AvgIpc) is 2.82. The van der Waals surface area contributed by atoms with Gasteiger partial charge in [0.05, 0.1) is 19.8 Å². The Morgan fingerprint density at radius 1 is 1.09 bits per heavy atom. The van der Waals surface area contributed by atoms with Gasteiger partial charge in [-0.05, 0) is 5.56 Å². The number of rotatable bonds is 8. The second-order valence-electron chi connectivity index (χ2n) is 7.83. The number of amides is 1. The third-order valence-electron chi connectivity index (χ3n) is 5.44. The topological polar surface area (TPSA) is 75.2 Å². The molecule has 1 N–H and O–H groups in total. The average molecular weight is 440 g/mol. The lowest BCUT2D eigenvalue weighted by Gasteiger charge is -2.49.